The molecule has 0 aromatic heterocycles. The zero-order chi connectivity index (χ0) is 14.9. The predicted molar refractivity (Wildman–Crippen MR) is 88.0 cm³/mol. The Balaban J connectivity index is 2.17. The molecule has 0 aliphatic heterocycles. The molecule has 1 aromatic rings. The number of hydrogen-bond acceptors (Lipinski definition) is 2. The van der Waals surface area contributed by atoms with Crippen LogP contribution in [0.3, 0.4) is 0 Å². The Morgan fingerprint density at radius 1 is 1.35 bits per heavy atom. The lowest BCUT2D eigenvalue weighted by Gasteiger charge is -2.39. The van der Waals surface area contributed by atoms with Crippen molar-refractivity contribution >= 4 is 15.9 Å². The van der Waals surface area contributed by atoms with Gasteiger partial charge in [-0.1, -0.05) is 36.7 Å². The fourth-order valence-corrected chi connectivity index (χ4v) is 3.89. The van der Waals surface area contributed by atoms with Gasteiger partial charge in [-0.2, -0.15) is 0 Å². The van der Waals surface area contributed by atoms with E-state index < -0.39 is 0 Å². The molecule has 112 valence electrons. The zero-order valence-electron chi connectivity index (χ0n) is 12.9. The SMILES string of the molecule is CC1CC(Oc2ccc(Br)cc2C(C)N)CC(C)(C)C1. The van der Waals surface area contributed by atoms with E-state index in [2.05, 4.69) is 42.8 Å². The Morgan fingerprint density at radius 3 is 2.65 bits per heavy atom. The number of rotatable bonds is 3. The van der Waals surface area contributed by atoms with Gasteiger partial charge in [0.2, 0.25) is 0 Å². The monoisotopic (exact) mass is 339 g/mol. The second-order valence-electron chi connectivity index (χ2n) is 7.12. The molecule has 3 unspecified atom stereocenters. The van der Waals surface area contributed by atoms with Crippen molar-refractivity contribution in [1.82, 2.24) is 0 Å². The quantitative estimate of drug-likeness (QED) is 0.834. The van der Waals surface area contributed by atoms with Crippen LogP contribution in [0.2, 0.25) is 0 Å². The van der Waals surface area contributed by atoms with Gasteiger partial charge in [-0.25, -0.2) is 0 Å². The van der Waals surface area contributed by atoms with Crippen molar-refractivity contribution in [3.05, 3.63) is 28.2 Å². The van der Waals surface area contributed by atoms with Crippen LogP contribution in [0.5, 0.6) is 5.75 Å². The van der Waals surface area contributed by atoms with E-state index in [1.54, 1.807) is 0 Å². The largest absolute Gasteiger partial charge is 0.490 e. The van der Waals surface area contributed by atoms with Crippen LogP contribution >= 0.6 is 15.9 Å². The van der Waals surface area contributed by atoms with Crippen molar-refractivity contribution < 1.29 is 4.74 Å². The first-order valence-corrected chi connectivity index (χ1v) is 8.28. The van der Waals surface area contributed by atoms with Gasteiger partial charge >= 0.3 is 0 Å². The number of nitrogens with two attached hydrogens (primary N) is 1. The molecule has 20 heavy (non-hydrogen) atoms. The van der Waals surface area contributed by atoms with Gasteiger partial charge in [0.1, 0.15) is 5.75 Å². The summed E-state index contributed by atoms with van der Waals surface area (Å²) < 4.78 is 7.36. The lowest BCUT2D eigenvalue weighted by atomic mass is 9.71. The molecule has 0 saturated heterocycles. The highest BCUT2D eigenvalue weighted by atomic mass is 79.9. The van der Waals surface area contributed by atoms with E-state index in [-0.39, 0.29) is 6.04 Å². The molecule has 1 aliphatic carbocycles. The average molecular weight is 340 g/mol. The summed E-state index contributed by atoms with van der Waals surface area (Å²) >= 11 is 3.51. The van der Waals surface area contributed by atoms with E-state index in [0.717, 1.165) is 34.5 Å². The highest BCUT2D eigenvalue weighted by molar-refractivity contribution is 9.10. The number of halogens is 1. The Kier molecular flexibility index (Phi) is 4.80. The lowest BCUT2D eigenvalue weighted by Crippen LogP contribution is -2.34. The van der Waals surface area contributed by atoms with Crippen molar-refractivity contribution in [2.75, 3.05) is 0 Å². The van der Waals surface area contributed by atoms with Gasteiger partial charge in [-0.05, 0) is 55.7 Å². The van der Waals surface area contributed by atoms with Crippen LogP contribution in [0.1, 0.15) is 58.6 Å². The van der Waals surface area contributed by atoms with Gasteiger partial charge < -0.3 is 10.5 Å². The number of benzene rings is 1. The molecule has 1 saturated carbocycles. The Labute approximate surface area is 131 Å². The number of hydrogen-bond donors (Lipinski definition) is 1. The second-order valence-corrected chi connectivity index (χ2v) is 8.04. The van der Waals surface area contributed by atoms with E-state index in [9.17, 15) is 0 Å². The first-order valence-electron chi connectivity index (χ1n) is 7.48. The molecule has 2 rings (SSSR count). The van der Waals surface area contributed by atoms with Crippen molar-refractivity contribution in [2.24, 2.45) is 17.1 Å². The molecule has 0 heterocycles. The number of ether oxygens (including phenoxy) is 1. The van der Waals surface area contributed by atoms with Crippen molar-refractivity contribution in [1.29, 1.82) is 0 Å². The first-order chi connectivity index (χ1) is 9.27. The fraction of sp³-hybridized carbons (Fsp3) is 0.647. The molecule has 1 fully saturated rings. The lowest BCUT2D eigenvalue weighted by molar-refractivity contribution is 0.0554. The van der Waals surface area contributed by atoms with Gasteiger partial charge in [-0.15, -0.1) is 0 Å². The third-order valence-electron chi connectivity index (χ3n) is 4.10. The minimum absolute atomic E-state index is 0.0171. The van der Waals surface area contributed by atoms with Crippen LogP contribution in [0, 0.1) is 11.3 Å². The van der Waals surface area contributed by atoms with Crippen molar-refractivity contribution in [3.8, 4) is 5.75 Å². The molecule has 3 heteroatoms. The summed E-state index contributed by atoms with van der Waals surface area (Å²) in [6, 6.07) is 6.11. The Morgan fingerprint density at radius 2 is 2.05 bits per heavy atom. The standard InChI is InChI=1S/C17H26BrNO/c1-11-7-14(10-17(3,4)9-11)20-16-6-5-13(18)8-15(16)12(2)19/h5-6,8,11-12,14H,7,9-10,19H2,1-4H3. The maximum Gasteiger partial charge on any atom is 0.124 e. The molecule has 0 radical (unpaired) electrons. The minimum Gasteiger partial charge on any atom is -0.490 e. The van der Waals surface area contributed by atoms with Crippen LogP contribution in [-0.2, 0) is 0 Å². The zero-order valence-corrected chi connectivity index (χ0v) is 14.5. The first kappa shape index (κ1) is 15.8. The van der Waals surface area contributed by atoms with Crippen molar-refractivity contribution in [3.63, 3.8) is 0 Å². The molecular formula is C17H26BrNO. The van der Waals surface area contributed by atoms with Gasteiger partial charge in [0, 0.05) is 16.1 Å². The maximum absolute atomic E-state index is 6.31. The fourth-order valence-electron chi connectivity index (χ4n) is 3.51. The third-order valence-corrected chi connectivity index (χ3v) is 4.60. The summed E-state index contributed by atoms with van der Waals surface area (Å²) in [6.45, 7) is 9.01. The summed E-state index contributed by atoms with van der Waals surface area (Å²) in [7, 11) is 0. The molecular weight excluding hydrogens is 314 g/mol. The van der Waals surface area contributed by atoms with Crippen LogP contribution < -0.4 is 10.5 Å². The normalized spacial score (nSPS) is 27.1. The van der Waals surface area contributed by atoms with E-state index >= 15 is 0 Å². The average Bonchev–Trinajstić information content (AvgIpc) is 2.28. The Hall–Kier alpha value is -0.540. The second kappa shape index (κ2) is 6.07. The topological polar surface area (TPSA) is 35.2 Å². The summed E-state index contributed by atoms with van der Waals surface area (Å²) in [4.78, 5) is 0. The van der Waals surface area contributed by atoms with Crippen LogP contribution in [-0.4, -0.2) is 6.10 Å². The van der Waals surface area contributed by atoms with Crippen molar-refractivity contribution in [2.45, 2.75) is 59.1 Å². The molecule has 3 atom stereocenters. The molecule has 0 bridgehead atoms. The van der Waals surface area contributed by atoms with Gasteiger partial charge in [0.05, 0.1) is 6.10 Å². The van der Waals surface area contributed by atoms with Crippen LogP contribution in [0.15, 0.2) is 22.7 Å². The molecule has 1 aliphatic rings. The Bertz CT molecular complexity index is 470. The third kappa shape index (κ3) is 3.98. The highest BCUT2D eigenvalue weighted by Crippen LogP contribution is 2.40. The summed E-state index contributed by atoms with van der Waals surface area (Å²) in [5, 5.41) is 0. The van der Waals surface area contributed by atoms with Gasteiger partial charge in [0.25, 0.3) is 0 Å². The minimum atomic E-state index is -0.0171. The predicted octanol–water partition coefficient (Wildman–Crippen LogP) is 5.06. The summed E-state index contributed by atoms with van der Waals surface area (Å²) in [5.41, 5.74) is 7.51. The summed E-state index contributed by atoms with van der Waals surface area (Å²) in [5.74, 6) is 1.66. The van der Waals surface area contributed by atoms with Crippen LogP contribution in [0.4, 0.5) is 0 Å². The molecule has 2 nitrogen and oxygen atoms in total. The smallest absolute Gasteiger partial charge is 0.124 e. The van der Waals surface area contributed by atoms with E-state index in [1.165, 1.54) is 6.42 Å². The molecule has 0 spiro atoms. The molecule has 0 amide bonds. The van der Waals surface area contributed by atoms with Crippen LogP contribution in [0.25, 0.3) is 0 Å². The highest BCUT2D eigenvalue weighted by Gasteiger charge is 2.33. The summed E-state index contributed by atoms with van der Waals surface area (Å²) in [6.07, 6.45) is 3.84. The van der Waals surface area contributed by atoms with Gasteiger partial charge in [-0.3, -0.25) is 0 Å². The molecule has 1 aromatic carbocycles. The van der Waals surface area contributed by atoms with E-state index in [0.29, 0.717) is 11.5 Å². The van der Waals surface area contributed by atoms with E-state index in [1.807, 2.05) is 19.1 Å². The van der Waals surface area contributed by atoms with E-state index in [4.69, 9.17) is 10.5 Å². The molecule has 2 N–H and O–H groups in total. The maximum atomic E-state index is 6.31. The van der Waals surface area contributed by atoms with Gasteiger partial charge in [0.15, 0.2) is 0 Å².